The van der Waals surface area contributed by atoms with Crippen molar-refractivity contribution in [3.05, 3.63) is 35.9 Å². The van der Waals surface area contributed by atoms with E-state index in [1.807, 2.05) is 0 Å². The molecule has 0 amide bonds. The first-order chi connectivity index (χ1) is 18.0. The maximum Gasteiger partial charge on any atom is 0.394 e. The van der Waals surface area contributed by atoms with Crippen LogP contribution in [0.25, 0.3) is 0 Å². The van der Waals surface area contributed by atoms with Gasteiger partial charge in [0.05, 0.1) is 58.8 Å². The first kappa shape index (κ1) is 33.0. The minimum atomic E-state index is -4.36. The van der Waals surface area contributed by atoms with Crippen molar-refractivity contribution in [2.45, 2.75) is 26.2 Å². The smallest absolute Gasteiger partial charge is 0.394 e. The minimum absolute atomic E-state index is 0.0155. The van der Waals surface area contributed by atoms with Gasteiger partial charge in [0, 0.05) is 12.1 Å². The number of hydrogen-bond acceptors (Lipinski definition) is 9. The van der Waals surface area contributed by atoms with Gasteiger partial charge in [0.1, 0.15) is 0 Å². The van der Waals surface area contributed by atoms with E-state index in [0.717, 1.165) is 32.3 Å². The summed E-state index contributed by atoms with van der Waals surface area (Å²) in [5.41, 5.74) is -0.311. The Kier molecular flexibility index (Phi) is 12.1. The van der Waals surface area contributed by atoms with Crippen molar-refractivity contribution < 1.29 is 64.7 Å². The lowest BCUT2D eigenvalue weighted by Crippen LogP contribution is -2.26. The number of carbonyl (C=O) groups excluding carboxylic acids is 1. The van der Waals surface area contributed by atoms with E-state index in [9.17, 15) is 35.9 Å². The second kappa shape index (κ2) is 14.2. The van der Waals surface area contributed by atoms with Crippen LogP contribution < -0.4 is 18.9 Å². The quantitative estimate of drug-likeness (QED) is 0.313. The lowest BCUT2D eigenvalue weighted by atomic mass is 10.2. The Morgan fingerprint density at radius 1 is 0.769 bits per heavy atom. The van der Waals surface area contributed by atoms with Crippen LogP contribution in [0.1, 0.15) is 34.8 Å². The Bertz CT molecular complexity index is 1110. The third-order valence-electron chi connectivity index (χ3n) is 4.81. The van der Waals surface area contributed by atoms with Crippen LogP contribution in [0.3, 0.4) is 0 Å². The van der Waals surface area contributed by atoms with Gasteiger partial charge in [-0.2, -0.15) is 26.3 Å². The number of alkyl halides is 6. The standard InChI is InChI=1S/C12H14F3NO4.C11H12F3NO4/c1-7(12(13,14)15)6-20-10-5-16-8(11(17)19-3)4-9(10)18-2;1-6(11(12,13)14)5-19-9-4-15-7(10(16)17)3-8(9)18-2/h4-5,7H,6H2,1-3H3;3-4,6H,5H2,1-2H3,(H,16,17). The summed E-state index contributed by atoms with van der Waals surface area (Å²) in [5.74, 6) is -5.13. The molecule has 218 valence electrons. The van der Waals surface area contributed by atoms with Crippen LogP contribution in [-0.2, 0) is 4.74 Å². The van der Waals surface area contributed by atoms with Gasteiger partial charge in [-0.15, -0.1) is 0 Å². The van der Waals surface area contributed by atoms with Crippen LogP contribution in [0, 0.1) is 11.8 Å². The van der Waals surface area contributed by atoms with Crippen LogP contribution in [0.2, 0.25) is 0 Å². The summed E-state index contributed by atoms with van der Waals surface area (Å²) in [4.78, 5) is 29.2. The largest absolute Gasteiger partial charge is 0.493 e. The summed E-state index contributed by atoms with van der Waals surface area (Å²) in [6, 6.07) is 2.31. The predicted octanol–water partition coefficient (Wildman–Crippen LogP) is 4.82. The molecule has 0 aliphatic rings. The highest BCUT2D eigenvalue weighted by Crippen LogP contribution is 2.31. The van der Waals surface area contributed by atoms with Crippen LogP contribution in [0.15, 0.2) is 24.5 Å². The molecule has 0 radical (unpaired) electrons. The normalized spacial score (nSPS) is 12.8. The topological polar surface area (TPSA) is 126 Å². The van der Waals surface area contributed by atoms with Gasteiger partial charge in [0.2, 0.25) is 0 Å². The van der Waals surface area contributed by atoms with E-state index in [2.05, 4.69) is 14.7 Å². The molecule has 0 bridgehead atoms. The Morgan fingerprint density at radius 3 is 1.49 bits per heavy atom. The third-order valence-corrected chi connectivity index (χ3v) is 4.81. The second-order valence-corrected chi connectivity index (χ2v) is 7.74. The number of nitrogens with zero attached hydrogens (tertiary/aromatic N) is 2. The number of aromatic carboxylic acids is 1. The summed E-state index contributed by atoms with van der Waals surface area (Å²) in [7, 11) is 3.74. The van der Waals surface area contributed by atoms with Crippen molar-refractivity contribution >= 4 is 11.9 Å². The predicted molar refractivity (Wildman–Crippen MR) is 121 cm³/mol. The molecule has 1 N–H and O–H groups in total. The molecule has 2 aromatic rings. The van der Waals surface area contributed by atoms with E-state index < -0.39 is 49.3 Å². The van der Waals surface area contributed by atoms with Crippen molar-refractivity contribution in [2.75, 3.05) is 34.5 Å². The number of carbonyl (C=O) groups is 2. The zero-order chi connectivity index (χ0) is 30.0. The highest BCUT2D eigenvalue weighted by atomic mass is 19.4. The van der Waals surface area contributed by atoms with Gasteiger partial charge in [0.25, 0.3) is 0 Å². The number of hydrogen-bond donors (Lipinski definition) is 1. The highest BCUT2D eigenvalue weighted by molar-refractivity contribution is 5.87. The summed E-state index contributed by atoms with van der Waals surface area (Å²) < 4.78 is 98.2. The molecule has 0 aromatic carbocycles. The molecular weight excluding hydrogens is 546 g/mol. The van der Waals surface area contributed by atoms with E-state index >= 15 is 0 Å². The van der Waals surface area contributed by atoms with E-state index in [1.165, 1.54) is 27.4 Å². The Balaban J connectivity index is 0.000000391. The second-order valence-electron chi connectivity index (χ2n) is 7.74. The number of esters is 1. The molecule has 10 nitrogen and oxygen atoms in total. The van der Waals surface area contributed by atoms with E-state index in [-0.39, 0.29) is 34.4 Å². The number of ether oxygens (including phenoxy) is 5. The molecule has 39 heavy (non-hydrogen) atoms. The fraction of sp³-hybridized carbons (Fsp3) is 0.478. The van der Waals surface area contributed by atoms with Gasteiger partial charge in [-0.3, -0.25) is 0 Å². The Hall–Kier alpha value is -3.98. The number of halogens is 6. The molecule has 2 atom stereocenters. The molecule has 0 saturated carbocycles. The van der Waals surface area contributed by atoms with Crippen LogP contribution in [0.4, 0.5) is 26.3 Å². The number of aromatic nitrogens is 2. The monoisotopic (exact) mass is 572 g/mol. The van der Waals surface area contributed by atoms with Gasteiger partial charge < -0.3 is 28.8 Å². The number of carboxylic acids is 1. The summed E-state index contributed by atoms with van der Waals surface area (Å²) in [5, 5.41) is 8.71. The van der Waals surface area contributed by atoms with Gasteiger partial charge >= 0.3 is 24.3 Å². The number of pyridine rings is 2. The summed E-state index contributed by atoms with van der Waals surface area (Å²) in [6.07, 6.45) is -6.56. The first-order valence-corrected chi connectivity index (χ1v) is 10.8. The number of rotatable bonds is 10. The molecule has 16 heteroatoms. The van der Waals surface area contributed by atoms with Gasteiger partial charge in [-0.1, -0.05) is 13.8 Å². The average molecular weight is 572 g/mol. The van der Waals surface area contributed by atoms with E-state index in [0.29, 0.717) is 0 Å². The van der Waals surface area contributed by atoms with Gasteiger partial charge in [-0.05, 0) is 0 Å². The lowest BCUT2D eigenvalue weighted by molar-refractivity contribution is -0.177. The summed E-state index contributed by atoms with van der Waals surface area (Å²) >= 11 is 0. The van der Waals surface area contributed by atoms with Crippen LogP contribution >= 0.6 is 0 Å². The molecule has 2 heterocycles. The molecule has 2 unspecified atom stereocenters. The number of methoxy groups -OCH3 is 3. The van der Waals surface area contributed by atoms with Crippen LogP contribution in [0.5, 0.6) is 23.0 Å². The highest BCUT2D eigenvalue weighted by Gasteiger charge is 2.37. The van der Waals surface area contributed by atoms with Gasteiger partial charge in [-0.25, -0.2) is 19.6 Å². The molecule has 2 rings (SSSR count). The fourth-order valence-electron chi connectivity index (χ4n) is 2.34. The molecule has 0 fully saturated rings. The lowest BCUT2D eigenvalue weighted by Gasteiger charge is -2.17. The van der Waals surface area contributed by atoms with Crippen LogP contribution in [-0.4, -0.2) is 73.9 Å². The summed E-state index contributed by atoms with van der Waals surface area (Å²) in [6.45, 7) is 0.807. The number of carboxylic acid groups (broad SMARTS) is 1. The van der Waals surface area contributed by atoms with Crippen molar-refractivity contribution in [2.24, 2.45) is 11.8 Å². The third kappa shape index (κ3) is 10.4. The van der Waals surface area contributed by atoms with Crippen molar-refractivity contribution in [3.63, 3.8) is 0 Å². The van der Waals surface area contributed by atoms with E-state index in [1.54, 1.807) is 0 Å². The zero-order valence-electron chi connectivity index (χ0n) is 21.3. The molecule has 2 aromatic heterocycles. The van der Waals surface area contributed by atoms with Gasteiger partial charge in [0.15, 0.2) is 34.4 Å². The maximum absolute atomic E-state index is 12.4. The first-order valence-electron chi connectivity index (χ1n) is 10.8. The van der Waals surface area contributed by atoms with Crippen molar-refractivity contribution in [3.8, 4) is 23.0 Å². The SMILES string of the molecule is COC(=O)c1cc(OC)c(OCC(C)C(F)(F)F)cn1.COc1cc(C(=O)O)ncc1OCC(C)C(F)(F)F. The van der Waals surface area contributed by atoms with Crippen molar-refractivity contribution in [1.29, 1.82) is 0 Å². The molecule has 0 spiro atoms. The molecule has 0 saturated heterocycles. The Morgan fingerprint density at radius 2 is 1.15 bits per heavy atom. The average Bonchev–Trinajstić information content (AvgIpc) is 2.88. The molecular formula is C23H26F6N2O8. The molecule has 0 aliphatic heterocycles. The fourth-order valence-corrected chi connectivity index (χ4v) is 2.34. The Labute approximate surface area is 218 Å². The maximum atomic E-state index is 12.4. The van der Waals surface area contributed by atoms with E-state index in [4.69, 9.17) is 24.1 Å². The van der Waals surface area contributed by atoms with Crippen molar-refractivity contribution in [1.82, 2.24) is 9.97 Å². The minimum Gasteiger partial charge on any atom is -0.493 e. The zero-order valence-corrected chi connectivity index (χ0v) is 21.3. The molecule has 0 aliphatic carbocycles.